The zero-order valence-electron chi connectivity index (χ0n) is 17.1. The van der Waals surface area contributed by atoms with Crippen LogP contribution < -0.4 is 0 Å². The van der Waals surface area contributed by atoms with Crippen LogP contribution >= 0.6 is 0 Å². The van der Waals surface area contributed by atoms with Gasteiger partial charge in [-0.05, 0) is 111 Å². The third kappa shape index (κ3) is 2.69. The molecular formula is C24H38O2. The average Bonchev–Trinajstić information content (AvgIpc) is 2.92. The highest BCUT2D eigenvalue weighted by atomic mass is 16.4. The molecule has 0 saturated heterocycles. The second-order valence-corrected chi connectivity index (χ2v) is 10.9. The predicted octanol–water partition coefficient (Wildman–Crippen LogP) is 6.31. The SMILES string of the molecule is C=C(C)[C@H]1CC[C@H]2[C@@H]3CC[C@@H]4C[C@H](CC(=O)O)CC[C@]4(C)[C@H]3CC[C@]12C. The molecule has 0 aliphatic heterocycles. The van der Waals surface area contributed by atoms with E-state index in [0.29, 0.717) is 23.2 Å². The molecule has 0 aromatic carbocycles. The Kier molecular flexibility index (Phi) is 4.56. The van der Waals surface area contributed by atoms with Gasteiger partial charge in [0.2, 0.25) is 0 Å². The first-order valence-electron chi connectivity index (χ1n) is 11.1. The zero-order valence-corrected chi connectivity index (χ0v) is 17.1. The Hall–Kier alpha value is -0.790. The molecule has 8 atom stereocenters. The monoisotopic (exact) mass is 358 g/mol. The molecule has 0 spiro atoms. The van der Waals surface area contributed by atoms with Gasteiger partial charge in [-0.3, -0.25) is 4.79 Å². The molecule has 0 bridgehead atoms. The Balaban J connectivity index is 1.54. The molecule has 0 aromatic heterocycles. The fourth-order valence-corrected chi connectivity index (χ4v) is 8.59. The minimum absolute atomic E-state index is 0.391. The summed E-state index contributed by atoms with van der Waals surface area (Å²) < 4.78 is 0. The molecule has 0 amide bonds. The summed E-state index contributed by atoms with van der Waals surface area (Å²) in [5.41, 5.74) is 2.39. The lowest BCUT2D eigenvalue weighted by Crippen LogP contribution is -2.53. The molecule has 0 aromatic rings. The van der Waals surface area contributed by atoms with Crippen molar-refractivity contribution in [1.29, 1.82) is 0 Å². The molecular weight excluding hydrogens is 320 g/mol. The van der Waals surface area contributed by atoms with Gasteiger partial charge in [-0.1, -0.05) is 26.0 Å². The molecule has 4 aliphatic carbocycles. The van der Waals surface area contributed by atoms with Crippen molar-refractivity contribution in [1.82, 2.24) is 0 Å². The Morgan fingerprint density at radius 3 is 2.38 bits per heavy atom. The highest BCUT2D eigenvalue weighted by Gasteiger charge is 2.60. The third-order valence-corrected chi connectivity index (χ3v) is 9.83. The first kappa shape index (κ1) is 18.6. The van der Waals surface area contributed by atoms with Gasteiger partial charge in [0.05, 0.1) is 0 Å². The van der Waals surface area contributed by atoms with Crippen molar-refractivity contribution in [3.8, 4) is 0 Å². The number of hydrogen-bond donors (Lipinski definition) is 1. The quantitative estimate of drug-likeness (QED) is 0.600. The van der Waals surface area contributed by atoms with E-state index >= 15 is 0 Å². The third-order valence-electron chi connectivity index (χ3n) is 9.83. The van der Waals surface area contributed by atoms with Crippen LogP contribution in [-0.4, -0.2) is 11.1 Å². The van der Waals surface area contributed by atoms with E-state index in [-0.39, 0.29) is 0 Å². The predicted molar refractivity (Wildman–Crippen MR) is 106 cm³/mol. The summed E-state index contributed by atoms with van der Waals surface area (Å²) in [5.74, 6) is 4.03. The van der Waals surface area contributed by atoms with Crippen LogP contribution in [0.25, 0.3) is 0 Å². The standard InChI is InChI=1S/C24H38O2/c1-15(2)19-7-8-20-18-6-5-17-13-16(14-22(25)26)9-11-23(17,3)21(18)10-12-24(19,20)4/h16-21H,1,5-14H2,2-4H3,(H,25,26)/t16-,17-,18+,19-,20+,21+,23+,24-/m1/s1. The molecule has 4 fully saturated rings. The van der Waals surface area contributed by atoms with Crippen LogP contribution in [0, 0.1) is 46.3 Å². The molecule has 26 heavy (non-hydrogen) atoms. The van der Waals surface area contributed by atoms with Crippen molar-refractivity contribution in [3.63, 3.8) is 0 Å². The van der Waals surface area contributed by atoms with Gasteiger partial charge in [0.1, 0.15) is 0 Å². The number of carboxylic acid groups (broad SMARTS) is 1. The van der Waals surface area contributed by atoms with Gasteiger partial charge in [0.15, 0.2) is 0 Å². The summed E-state index contributed by atoms with van der Waals surface area (Å²) >= 11 is 0. The largest absolute Gasteiger partial charge is 0.481 e. The summed E-state index contributed by atoms with van der Waals surface area (Å²) in [6.07, 6.45) is 12.3. The molecule has 4 rings (SSSR count). The smallest absolute Gasteiger partial charge is 0.303 e. The van der Waals surface area contributed by atoms with Crippen molar-refractivity contribution >= 4 is 5.97 Å². The van der Waals surface area contributed by atoms with Crippen LogP contribution in [0.15, 0.2) is 12.2 Å². The van der Waals surface area contributed by atoms with Gasteiger partial charge in [-0.2, -0.15) is 0 Å². The van der Waals surface area contributed by atoms with Crippen molar-refractivity contribution < 1.29 is 9.90 Å². The molecule has 0 heterocycles. The van der Waals surface area contributed by atoms with Gasteiger partial charge >= 0.3 is 5.97 Å². The van der Waals surface area contributed by atoms with E-state index in [9.17, 15) is 9.90 Å². The van der Waals surface area contributed by atoms with Crippen molar-refractivity contribution in [2.75, 3.05) is 0 Å². The second kappa shape index (κ2) is 6.38. The van der Waals surface area contributed by atoms with E-state index in [1.165, 1.54) is 56.9 Å². The molecule has 1 N–H and O–H groups in total. The summed E-state index contributed by atoms with van der Waals surface area (Å²) in [6, 6.07) is 0. The lowest BCUT2D eigenvalue weighted by atomic mass is 9.44. The highest BCUT2D eigenvalue weighted by Crippen LogP contribution is 2.68. The summed E-state index contributed by atoms with van der Waals surface area (Å²) in [4.78, 5) is 11.2. The van der Waals surface area contributed by atoms with E-state index < -0.39 is 5.97 Å². The number of allylic oxidation sites excluding steroid dienone is 1. The Labute approximate surface area is 159 Å². The first-order valence-corrected chi connectivity index (χ1v) is 11.1. The van der Waals surface area contributed by atoms with Crippen LogP contribution in [-0.2, 0) is 4.79 Å². The molecule has 4 aliphatic rings. The van der Waals surface area contributed by atoms with E-state index in [1.807, 2.05) is 0 Å². The Morgan fingerprint density at radius 1 is 1.00 bits per heavy atom. The number of carboxylic acids is 1. The lowest BCUT2D eigenvalue weighted by molar-refractivity contribution is -0.141. The number of fused-ring (bicyclic) bond motifs is 5. The van der Waals surface area contributed by atoms with Gasteiger partial charge in [-0.25, -0.2) is 0 Å². The van der Waals surface area contributed by atoms with Crippen molar-refractivity contribution in [3.05, 3.63) is 12.2 Å². The zero-order chi connectivity index (χ0) is 18.7. The van der Waals surface area contributed by atoms with Crippen molar-refractivity contribution in [2.45, 2.75) is 85.0 Å². The Morgan fingerprint density at radius 2 is 1.69 bits per heavy atom. The highest BCUT2D eigenvalue weighted by molar-refractivity contribution is 5.67. The lowest BCUT2D eigenvalue weighted by Gasteiger charge is -2.61. The van der Waals surface area contributed by atoms with E-state index in [2.05, 4.69) is 27.4 Å². The van der Waals surface area contributed by atoms with Crippen LogP contribution in [0.1, 0.15) is 85.0 Å². The molecule has 2 heteroatoms. The molecule has 146 valence electrons. The summed E-state index contributed by atoms with van der Waals surface area (Å²) in [6.45, 7) is 11.8. The van der Waals surface area contributed by atoms with E-state index in [4.69, 9.17) is 0 Å². The number of carbonyl (C=O) groups is 1. The fourth-order valence-electron chi connectivity index (χ4n) is 8.59. The van der Waals surface area contributed by atoms with Crippen molar-refractivity contribution in [2.24, 2.45) is 46.3 Å². The first-order chi connectivity index (χ1) is 12.3. The van der Waals surface area contributed by atoms with Crippen LogP contribution in [0.3, 0.4) is 0 Å². The molecule has 0 radical (unpaired) electrons. The maximum Gasteiger partial charge on any atom is 0.303 e. The van der Waals surface area contributed by atoms with E-state index in [1.54, 1.807) is 0 Å². The van der Waals surface area contributed by atoms with Gasteiger partial charge in [-0.15, -0.1) is 0 Å². The Bertz CT molecular complexity index is 595. The normalized spacial score (nSPS) is 50.4. The minimum atomic E-state index is -0.600. The summed E-state index contributed by atoms with van der Waals surface area (Å²) in [5, 5.41) is 9.21. The average molecular weight is 359 g/mol. The van der Waals surface area contributed by atoms with E-state index in [0.717, 1.165) is 36.0 Å². The number of hydrogen-bond acceptors (Lipinski definition) is 1. The number of aliphatic carboxylic acids is 1. The van der Waals surface area contributed by atoms with Gasteiger partial charge in [0.25, 0.3) is 0 Å². The topological polar surface area (TPSA) is 37.3 Å². The summed E-state index contributed by atoms with van der Waals surface area (Å²) in [7, 11) is 0. The second-order valence-electron chi connectivity index (χ2n) is 10.9. The molecule has 2 nitrogen and oxygen atoms in total. The van der Waals surface area contributed by atoms with Crippen LogP contribution in [0.2, 0.25) is 0 Å². The minimum Gasteiger partial charge on any atom is -0.481 e. The van der Waals surface area contributed by atoms with Crippen LogP contribution in [0.4, 0.5) is 0 Å². The number of rotatable bonds is 3. The molecule has 4 saturated carbocycles. The maximum atomic E-state index is 11.2. The fraction of sp³-hybridized carbons (Fsp3) is 0.875. The maximum absolute atomic E-state index is 11.2. The van der Waals surface area contributed by atoms with Gasteiger partial charge in [0, 0.05) is 6.42 Å². The van der Waals surface area contributed by atoms with Crippen LogP contribution in [0.5, 0.6) is 0 Å². The van der Waals surface area contributed by atoms with Gasteiger partial charge < -0.3 is 5.11 Å². The molecule has 0 unspecified atom stereocenters.